The molecule has 0 radical (unpaired) electrons. The van der Waals surface area contributed by atoms with Gasteiger partial charge in [-0.25, -0.2) is 0 Å². The highest BCUT2D eigenvalue weighted by Crippen LogP contribution is 2.14. The number of carbonyl (C=O) groups excluding carboxylic acids is 1. The van der Waals surface area contributed by atoms with E-state index >= 15 is 0 Å². The van der Waals surface area contributed by atoms with E-state index in [0.29, 0.717) is 13.2 Å². The fourth-order valence-electron chi connectivity index (χ4n) is 2.29. The van der Waals surface area contributed by atoms with Crippen LogP contribution in [0.4, 0.5) is 0 Å². The Balaban J connectivity index is 1.65. The summed E-state index contributed by atoms with van der Waals surface area (Å²) >= 11 is 1.09. The van der Waals surface area contributed by atoms with Gasteiger partial charge in [0.1, 0.15) is 0 Å². The molecule has 0 aromatic heterocycles. The lowest BCUT2D eigenvalue weighted by Crippen LogP contribution is -2.25. The second-order valence-electron chi connectivity index (χ2n) is 5.60. The van der Waals surface area contributed by atoms with Crippen molar-refractivity contribution in [2.45, 2.75) is 32.1 Å². The van der Waals surface area contributed by atoms with Crippen LogP contribution in [0.5, 0.6) is 0 Å². The molecule has 1 aliphatic rings. The molecular formula is C17H23NO5S. The largest absolute Gasteiger partial charge is 0.481 e. The van der Waals surface area contributed by atoms with E-state index in [1.807, 2.05) is 24.3 Å². The number of hydrogen-bond acceptors (Lipinski definition) is 5. The average Bonchev–Trinajstić information content (AvgIpc) is 2.59. The highest BCUT2D eigenvalue weighted by atomic mass is 32.2. The molecule has 132 valence electrons. The molecule has 6 nitrogen and oxygen atoms in total. The van der Waals surface area contributed by atoms with Crippen molar-refractivity contribution < 1.29 is 24.2 Å². The van der Waals surface area contributed by atoms with Crippen LogP contribution in [0.1, 0.15) is 24.0 Å². The summed E-state index contributed by atoms with van der Waals surface area (Å²) in [6.07, 6.45) is 2.18. The maximum Gasteiger partial charge on any atom is 0.313 e. The number of aliphatic carboxylic acids is 1. The minimum absolute atomic E-state index is 0.0603. The molecule has 7 heteroatoms. The molecule has 1 aromatic carbocycles. The lowest BCUT2D eigenvalue weighted by molar-refractivity contribution is -0.133. The Hall–Kier alpha value is -1.57. The van der Waals surface area contributed by atoms with Crippen molar-refractivity contribution in [2.75, 3.05) is 24.7 Å². The number of carboxylic acid groups (broad SMARTS) is 1. The van der Waals surface area contributed by atoms with Crippen LogP contribution in [0.25, 0.3) is 0 Å². The van der Waals surface area contributed by atoms with E-state index in [-0.39, 0.29) is 23.5 Å². The second kappa shape index (κ2) is 10.3. The fourth-order valence-corrected chi connectivity index (χ4v) is 2.86. The summed E-state index contributed by atoms with van der Waals surface area (Å²) < 4.78 is 11.2. The minimum atomic E-state index is -0.911. The van der Waals surface area contributed by atoms with Gasteiger partial charge in [-0.05, 0) is 24.0 Å². The van der Waals surface area contributed by atoms with E-state index in [2.05, 4.69) is 5.32 Å². The molecule has 0 bridgehead atoms. The maximum absolute atomic E-state index is 11.6. The molecule has 1 fully saturated rings. The van der Waals surface area contributed by atoms with Crippen molar-refractivity contribution in [3.8, 4) is 0 Å². The van der Waals surface area contributed by atoms with Crippen LogP contribution in [-0.4, -0.2) is 47.8 Å². The summed E-state index contributed by atoms with van der Waals surface area (Å²) in [6.45, 7) is 2.57. The van der Waals surface area contributed by atoms with Gasteiger partial charge in [0.2, 0.25) is 5.91 Å². The molecule has 1 amide bonds. The summed E-state index contributed by atoms with van der Waals surface area (Å²) in [5.74, 6) is -0.974. The molecule has 2 rings (SSSR count). The van der Waals surface area contributed by atoms with Crippen molar-refractivity contribution in [2.24, 2.45) is 0 Å². The quantitative estimate of drug-likeness (QED) is 0.704. The van der Waals surface area contributed by atoms with Gasteiger partial charge in [-0.15, -0.1) is 11.8 Å². The Labute approximate surface area is 145 Å². The Bertz CT molecular complexity index is 528. The molecule has 1 heterocycles. The van der Waals surface area contributed by atoms with Gasteiger partial charge in [-0.2, -0.15) is 0 Å². The maximum atomic E-state index is 11.6. The monoisotopic (exact) mass is 353 g/mol. The first kappa shape index (κ1) is 18.8. The third-order valence-corrected chi connectivity index (χ3v) is 4.54. The topological polar surface area (TPSA) is 84.9 Å². The summed E-state index contributed by atoms with van der Waals surface area (Å²) in [6, 6.07) is 7.93. The van der Waals surface area contributed by atoms with Gasteiger partial charge in [-0.3, -0.25) is 9.59 Å². The van der Waals surface area contributed by atoms with Crippen LogP contribution in [0.3, 0.4) is 0 Å². The zero-order valence-electron chi connectivity index (χ0n) is 13.5. The molecule has 24 heavy (non-hydrogen) atoms. The molecular weight excluding hydrogens is 330 g/mol. The zero-order valence-corrected chi connectivity index (χ0v) is 14.3. The third kappa shape index (κ3) is 7.33. The standard InChI is InChI=1S/C17H23NO5S/c19-16(11-24-12-17(20)21)18-9-13-1-3-14(4-2-13)10-23-15-5-7-22-8-6-15/h1-4,15H,5-12H2,(H,18,19)(H,20,21). The third-order valence-electron chi connectivity index (χ3n) is 3.63. The lowest BCUT2D eigenvalue weighted by Gasteiger charge is -2.22. The highest BCUT2D eigenvalue weighted by Gasteiger charge is 2.13. The molecule has 1 saturated heterocycles. The van der Waals surface area contributed by atoms with Gasteiger partial charge in [0.15, 0.2) is 0 Å². The molecule has 1 aliphatic heterocycles. The van der Waals surface area contributed by atoms with Gasteiger partial charge < -0.3 is 19.9 Å². The molecule has 0 aliphatic carbocycles. The van der Waals surface area contributed by atoms with E-state index in [1.54, 1.807) is 0 Å². The van der Waals surface area contributed by atoms with E-state index in [0.717, 1.165) is 48.9 Å². The predicted octanol–water partition coefficient (Wildman–Crippen LogP) is 1.82. The van der Waals surface area contributed by atoms with Gasteiger partial charge >= 0.3 is 5.97 Å². The van der Waals surface area contributed by atoms with Gasteiger partial charge in [0, 0.05) is 19.8 Å². The zero-order chi connectivity index (χ0) is 17.2. The van der Waals surface area contributed by atoms with Crippen molar-refractivity contribution in [1.82, 2.24) is 5.32 Å². The lowest BCUT2D eigenvalue weighted by atomic mass is 10.1. The van der Waals surface area contributed by atoms with Gasteiger partial charge in [0.25, 0.3) is 0 Å². The Morgan fingerprint density at radius 1 is 1.17 bits per heavy atom. The van der Waals surface area contributed by atoms with Gasteiger partial charge in [-0.1, -0.05) is 24.3 Å². The Kier molecular flexibility index (Phi) is 8.07. The second-order valence-corrected chi connectivity index (χ2v) is 6.59. The SMILES string of the molecule is O=C(O)CSCC(=O)NCc1ccc(COC2CCOCC2)cc1. The number of carboxylic acids is 1. The van der Waals surface area contributed by atoms with Crippen LogP contribution in [0.15, 0.2) is 24.3 Å². The number of benzene rings is 1. The summed E-state index contributed by atoms with van der Waals surface area (Å²) in [5, 5.41) is 11.3. The first-order chi connectivity index (χ1) is 11.6. The van der Waals surface area contributed by atoms with Crippen molar-refractivity contribution in [3.05, 3.63) is 35.4 Å². The molecule has 1 aromatic rings. The van der Waals surface area contributed by atoms with Crippen molar-refractivity contribution >= 4 is 23.6 Å². The van der Waals surface area contributed by atoms with Crippen molar-refractivity contribution in [1.29, 1.82) is 0 Å². The molecule has 0 atom stereocenters. The van der Waals surface area contributed by atoms with Crippen LogP contribution in [0.2, 0.25) is 0 Å². The molecule has 0 unspecified atom stereocenters. The first-order valence-corrected chi connectivity index (χ1v) is 9.12. The van der Waals surface area contributed by atoms with Crippen molar-refractivity contribution in [3.63, 3.8) is 0 Å². The minimum Gasteiger partial charge on any atom is -0.481 e. The molecule has 0 spiro atoms. The average molecular weight is 353 g/mol. The van der Waals surface area contributed by atoms with E-state index in [4.69, 9.17) is 14.6 Å². The van der Waals surface area contributed by atoms with Gasteiger partial charge in [0.05, 0.1) is 24.2 Å². The Morgan fingerprint density at radius 3 is 2.50 bits per heavy atom. The van der Waals surface area contributed by atoms with Crippen LogP contribution in [-0.2, 0) is 32.2 Å². The molecule has 2 N–H and O–H groups in total. The number of rotatable bonds is 9. The number of hydrogen-bond donors (Lipinski definition) is 2. The number of amides is 1. The highest BCUT2D eigenvalue weighted by molar-refractivity contribution is 8.00. The number of ether oxygens (including phenoxy) is 2. The Morgan fingerprint density at radius 2 is 1.83 bits per heavy atom. The fraction of sp³-hybridized carbons (Fsp3) is 0.529. The van der Waals surface area contributed by atoms with E-state index in [9.17, 15) is 9.59 Å². The molecule has 0 saturated carbocycles. The summed E-state index contributed by atoms with van der Waals surface area (Å²) in [7, 11) is 0. The van der Waals surface area contributed by atoms with Crippen LogP contribution in [0, 0.1) is 0 Å². The normalized spacial score (nSPS) is 15.2. The number of carbonyl (C=O) groups is 2. The van der Waals surface area contributed by atoms with Crippen LogP contribution < -0.4 is 5.32 Å². The predicted molar refractivity (Wildman–Crippen MR) is 91.9 cm³/mol. The number of thioether (sulfide) groups is 1. The summed E-state index contributed by atoms with van der Waals surface area (Å²) in [4.78, 5) is 22.0. The summed E-state index contributed by atoms with van der Waals surface area (Å²) in [5.41, 5.74) is 2.11. The smallest absolute Gasteiger partial charge is 0.313 e. The van der Waals surface area contributed by atoms with Crippen LogP contribution >= 0.6 is 11.8 Å². The van der Waals surface area contributed by atoms with E-state index < -0.39 is 5.97 Å². The van der Waals surface area contributed by atoms with E-state index in [1.165, 1.54) is 0 Å². The first-order valence-electron chi connectivity index (χ1n) is 7.97. The number of nitrogens with one attached hydrogen (secondary N) is 1.